The van der Waals surface area contributed by atoms with E-state index in [2.05, 4.69) is 41.1 Å². The molecule has 6 nitrogen and oxygen atoms in total. The molecule has 2 rings (SSSR count). The quantitative estimate of drug-likeness (QED) is 0.506. The van der Waals surface area contributed by atoms with Crippen LogP contribution in [0.4, 0.5) is 0 Å². The van der Waals surface area contributed by atoms with Gasteiger partial charge in [0.2, 0.25) is 0 Å². The van der Waals surface area contributed by atoms with Crippen molar-refractivity contribution in [3.63, 3.8) is 0 Å². The number of nitrogens with zero attached hydrogens (tertiary/aromatic N) is 5. The number of aromatic nitrogens is 3. The molecule has 0 aliphatic carbocycles. The lowest BCUT2D eigenvalue weighted by molar-refractivity contribution is 0.946. The van der Waals surface area contributed by atoms with Crippen LogP contribution in [0.5, 0.6) is 0 Å². The highest BCUT2D eigenvalue weighted by Crippen LogP contribution is 2.19. The first-order valence-electron chi connectivity index (χ1n) is 3.80. The van der Waals surface area contributed by atoms with Crippen LogP contribution in [0.2, 0.25) is 0 Å². The molecular weight excluding hydrogens is 248 g/mol. The Morgan fingerprint density at radius 1 is 1.64 bits per heavy atom. The predicted molar refractivity (Wildman–Crippen MR) is 54.4 cm³/mol. The van der Waals surface area contributed by atoms with Crippen LogP contribution in [0.1, 0.15) is 5.69 Å². The summed E-state index contributed by atoms with van der Waals surface area (Å²) < 4.78 is 0.869. The van der Waals surface area contributed by atoms with E-state index in [-0.39, 0.29) is 6.54 Å². The summed E-state index contributed by atoms with van der Waals surface area (Å²) in [6.07, 6.45) is 1.68. The van der Waals surface area contributed by atoms with Gasteiger partial charge in [-0.1, -0.05) is 5.11 Å². The molecule has 0 radical (unpaired) electrons. The van der Waals surface area contributed by atoms with Gasteiger partial charge in [-0.25, -0.2) is 4.98 Å². The van der Waals surface area contributed by atoms with Gasteiger partial charge in [-0.05, 0) is 27.5 Å². The van der Waals surface area contributed by atoms with E-state index in [0.717, 1.165) is 9.86 Å². The number of hydrogen-bond acceptors (Lipinski definition) is 3. The van der Waals surface area contributed by atoms with E-state index in [1.54, 1.807) is 6.20 Å². The first kappa shape index (κ1) is 8.98. The van der Waals surface area contributed by atoms with Crippen LogP contribution in [-0.4, -0.2) is 15.2 Å². The number of halogens is 1. The summed E-state index contributed by atoms with van der Waals surface area (Å²) in [6, 6.07) is 1.88. The molecule has 7 heteroatoms. The smallest absolute Gasteiger partial charge is 0.155 e. The van der Waals surface area contributed by atoms with Crippen molar-refractivity contribution < 1.29 is 0 Å². The van der Waals surface area contributed by atoms with Crippen LogP contribution in [-0.2, 0) is 6.54 Å². The van der Waals surface area contributed by atoms with Crippen molar-refractivity contribution in [2.45, 2.75) is 6.54 Å². The van der Waals surface area contributed by atoms with E-state index >= 15 is 0 Å². The van der Waals surface area contributed by atoms with Crippen molar-refractivity contribution in [1.82, 2.24) is 15.2 Å². The predicted octanol–water partition coefficient (Wildman–Crippen LogP) is 2.53. The van der Waals surface area contributed by atoms with Gasteiger partial charge in [0, 0.05) is 21.0 Å². The number of pyridine rings is 1. The maximum atomic E-state index is 8.19. The van der Waals surface area contributed by atoms with E-state index < -0.39 is 0 Å². The molecule has 1 N–H and O–H groups in total. The van der Waals surface area contributed by atoms with Crippen molar-refractivity contribution >= 4 is 27.0 Å². The Labute approximate surface area is 87.1 Å². The lowest BCUT2D eigenvalue weighted by Gasteiger charge is -1.91. The van der Waals surface area contributed by atoms with Crippen molar-refractivity contribution in [2.75, 3.05) is 0 Å². The van der Waals surface area contributed by atoms with Crippen LogP contribution in [0.3, 0.4) is 0 Å². The van der Waals surface area contributed by atoms with Crippen molar-refractivity contribution in [3.8, 4) is 0 Å². The molecule has 0 aliphatic rings. The van der Waals surface area contributed by atoms with Crippen molar-refractivity contribution in [2.24, 2.45) is 5.11 Å². The van der Waals surface area contributed by atoms with Gasteiger partial charge in [-0.15, -0.1) is 0 Å². The molecule has 70 valence electrons. The first-order chi connectivity index (χ1) is 6.81. The molecule has 0 bridgehead atoms. The third-order valence-corrected chi connectivity index (χ3v) is 2.18. The van der Waals surface area contributed by atoms with Crippen LogP contribution in [0.25, 0.3) is 21.5 Å². The zero-order chi connectivity index (χ0) is 9.97. The minimum Gasteiger partial charge on any atom is -0.261 e. The minimum atomic E-state index is 0.231. The van der Waals surface area contributed by atoms with Gasteiger partial charge in [-0.3, -0.25) is 5.10 Å². The Morgan fingerprint density at radius 2 is 2.50 bits per heavy atom. The largest absolute Gasteiger partial charge is 0.261 e. The maximum Gasteiger partial charge on any atom is 0.155 e. The van der Waals surface area contributed by atoms with Crippen LogP contribution < -0.4 is 0 Å². The second-order valence-electron chi connectivity index (χ2n) is 2.61. The third kappa shape index (κ3) is 1.55. The summed E-state index contributed by atoms with van der Waals surface area (Å²) in [5, 5.41) is 11.1. The van der Waals surface area contributed by atoms with Crippen LogP contribution in [0.15, 0.2) is 21.9 Å². The summed E-state index contributed by atoms with van der Waals surface area (Å²) >= 11 is 3.31. The number of azide groups is 1. The molecule has 2 aromatic heterocycles. The number of hydrogen-bond donors (Lipinski definition) is 1. The lowest BCUT2D eigenvalue weighted by atomic mass is 10.3. The molecule has 0 saturated heterocycles. The minimum absolute atomic E-state index is 0.231. The Balaban J connectivity index is 2.54. The highest BCUT2D eigenvalue weighted by Gasteiger charge is 2.05. The van der Waals surface area contributed by atoms with E-state index in [4.69, 9.17) is 5.53 Å². The maximum absolute atomic E-state index is 8.19. The molecule has 0 fully saturated rings. The summed E-state index contributed by atoms with van der Waals surface area (Å²) in [7, 11) is 0. The Kier molecular flexibility index (Phi) is 2.34. The van der Waals surface area contributed by atoms with E-state index in [0.29, 0.717) is 11.3 Å². The SMILES string of the molecule is [N-]=[N+]=NCc1n[nH]c2ncc(Br)cc12. The topological polar surface area (TPSA) is 90.3 Å². The molecule has 0 saturated carbocycles. The molecular formula is C7H5BrN6. The van der Waals surface area contributed by atoms with E-state index in [9.17, 15) is 0 Å². The summed E-state index contributed by atoms with van der Waals surface area (Å²) in [5.41, 5.74) is 9.58. The molecule has 2 aromatic rings. The van der Waals surface area contributed by atoms with Gasteiger partial charge in [0.1, 0.15) is 0 Å². The Hall–Kier alpha value is -1.59. The van der Waals surface area contributed by atoms with E-state index in [1.807, 2.05) is 6.07 Å². The highest BCUT2D eigenvalue weighted by atomic mass is 79.9. The fourth-order valence-corrected chi connectivity index (χ4v) is 1.48. The second kappa shape index (κ2) is 3.65. The molecule has 0 atom stereocenters. The second-order valence-corrected chi connectivity index (χ2v) is 3.52. The number of rotatable bonds is 2. The summed E-state index contributed by atoms with van der Waals surface area (Å²) in [4.78, 5) is 6.79. The van der Waals surface area contributed by atoms with Gasteiger partial charge < -0.3 is 0 Å². The first-order valence-corrected chi connectivity index (χ1v) is 4.60. The molecule has 2 heterocycles. The fourth-order valence-electron chi connectivity index (χ4n) is 1.15. The average molecular weight is 253 g/mol. The van der Waals surface area contributed by atoms with Crippen molar-refractivity contribution in [1.29, 1.82) is 0 Å². The van der Waals surface area contributed by atoms with E-state index in [1.165, 1.54) is 0 Å². The zero-order valence-corrected chi connectivity index (χ0v) is 8.56. The summed E-state index contributed by atoms with van der Waals surface area (Å²) in [5.74, 6) is 0. The summed E-state index contributed by atoms with van der Waals surface area (Å²) in [6.45, 7) is 0.231. The molecule has 0 amide bonds. The monoisotopic (exact) mass is 252 g/mol. The van der Waals surface area contributed by atoms with Gasteiger partial charge in [0.25, 0.3) is 0 Å². The Bertz CT molecular complexity index is 512. The molecule has 0 spiro atoms. The third-order valence-electron chi connectivity index (χ3n) is 1.75. The van der Waals surface area contributed by atoms with Crippen LogP contribution in [0, 0.1) is 0 Å². The number of fused-ring (bicyclic) bond motifs is 1. The lowest BCUT2D eigenvalue weighted by Crippen LogP contribution is -1.81. The number of H-pyrrole nitrogens is 1. The van der Waals surface area contributed by atoms with Crippen LogP contribution >= 0.6 is 15.9 Å². The standard InChI is InChI=1S/C7H5BrN6/c8-4-1-5-6(3-11-14-9)12-13-7(5)10-2-4/h1-2H,3H2,(H,10,12,13). The molecule has 14 heavy (non-hydrogen) atoms. The molecule has 0 aromatic carbocycles. The van der Waals surface area contributed by atoms with Gasteiger partial charge in [0.15, 0.2) is 5.65 Å². The van der Waals surface area contributed by atoms with Gasteiger partial charge >= 0.3 is 0 Å². The van der Waals surface area contributed by atoms with Gasteiger partial charge in [-0.2, -0.15) is 5.10 Å². The normalized spacial score (nSPS) is 10.1. The van der Waals surface area contributed by atoms with Gasteiger partial charge in [0.05, 0.1) is 12.2 Å². The Morgan fingerprint density at radius 3 is 3.29 bits per heavy atom. The van der Waals surface area contributed by atoms with Crippen molar-refractivity contribution in [3.05, 3.63) is 32.9 Å². The zero-order valence-electron chi connectivity index (χ0n) is 6.98. The molecule has 0 aliphatic heterocycles. The number of nitrogens with one attached hydrogen (secondary N) is 1. The highest BCUT2D eigenvalue weighted by molar-refractivity contribution is 9.10. The fraction of sp³-hybridized carbons (Fsp3) is 0.143. The molecule has 0 unspecified atom stereocenters. The number of aromatic amines is 1. The average Bonchev–Trinajstić information content (AvgIpc) is 2.57.